The lowest BCUT2D eigenvalue weighted by molar-refractivity contribution is -0.154. The van der Waals surface area contributed by atoms with Crippen LogP contribution in [-0.2, 0) is 62.3 Å². The molecule has 0 saturated carbocycles. The number of amides is 9. The maximum Gasteiger partial charge on any atom is 0.328 e. The van der Waals surface area contributed by atoms with Crippen LogP contribution >= 0.6 is 0 Å². The van der Waals surface area contributed by atoms with Crippen molar-refractivity contribution in [3.8, 4) is 0 Å². The normalized spacial score (nSPS) is 15.7. The molecule has 0 aliphatic carbocycles. The van der Waals surface area contributed by atoms with E-state index in [0.29, 0.717) is 77.5 Å². The number of carboxylic acid groups (broad SMARTS) is 2. The van der Waals surface area contributed by atoms with Crippen LogP contribution in [0.4, 0.5) is 0 Å². The average molecular weight is 1290 g/mol. The van der Waals surface area contributed by atoms with Crippen LogP contribution in [-0.4, -0.2) is 180 Å². The molecule has 1 aliphatic rings. The molecule has 0 spiro atoms. The highest BCUT2D eigenvalue weighted by atomic mass is 16.5. The van der Waals surface area contributed by atoms with E-state index in [1.807, 2.05) is 27.7 Å². The number of carboxylic acids is 2. The summed E-state index contributed by atoms with van der Waals surface area (Å²) in [5, 5.41) is 40.3. The zero-order valence-corrected chi connectivity index (χ0v) is 55.5. The molecule has 0 aromatic heterocycles. The van der Waals surface area contributed by atoms with Gasteiger partial charge in [-0.2, -0.15) is 0 Å². The summed E-state index contributed by atoms with van der Waals surface area (Å²) in [5.41, 5.74) is 23.2. The first-order valence-corrected chi connectivity index (χ1v) is 33.3. The van der Waals surface area contributed by atoms with E-state index in [1.165, 1.54) is 37.0 Å². The van der Waals surface area contributed by atoms with E-state index in [2.05, 4.69) is 49.5 Å². The molecule has 0 radical (unpaired) electrons. The number of unbranched alkanes of at least 4 members (excludes halogenated alkanes) is 10. The number of nitrogens with zero attached hydrogens (tertiary/aromatic N) is 1. The third-order valence-electron chi connectivity index (χ3n) is 15.6. The Kier molecular flexibility index (Phi) is 43.0. The van der Waals surface area contributed by atoms with Crippen LogP contribution in [0.15, 0.2) is 0 Å². The number of carbonyl (C=O) groups is 12. The number of rotatable bonds is 51. The molecule has 1 rings (SSSR count). The molecule has 2 unspecified atom stereocenters. The van der Waals surface area contributed by atoms with Crippen molar-refractivity contribution in [2.24, 2.45) is 40.7 Å². The van der Waals surface area contributed by atoms with Gasteiger partial charge in [0.1, 0.15) is 48.3 Å². The highest BCUT2D eigenvalue weighted by Crippen LogP contribution is 2.21. The smallest absolute Gasteiger partial charge is 0.328 e. The maximum absolute atomic E-state index is 14.4. The Balaban J connectivity index is 3.23. The molecular weight excluding hydrogens is 1180 g/mol. The van der Waals surface area contributed by atoms with Gasteiger partial charge in [0.2, 0.25) is 53.2 Å². The lowest BCUT2D eigenvalue weighted by atomic mass is 9.99. The van der Waals surface area contributed by atoms with Crippen molar-refractivity contribution in [2.45, 2.75) is 270 Å². The first kappa shape index (κ1) is 82.5. The van der Waals surface area contributed by atoms with Gasteiger partial charge in [-0.1, -0.05) is 93.4 Å². The zero-order chi connectivity index (χ0) is 68.4. The van der Waals surface area contributed by atoms with E-state index in [4.69, 9.17) is 27.7 Å². The van der Waals surface area contributed by atoms with Crippen LogP contribution < -0.4 is 65.5 Å². The minimum Gasteiger partial charge on any atom is -0.481 e. The van der Waals surface area contributed by atoms with Gasteiger partial charge >= 0.3 is 17.9 Å². The van der Waals surface area contributed by atoms with E-state index < -0.39 is 152 Å². The van der Waals surface area contributed by atoms with Gasteiger partial charge in [0, 0.05) is 25.9 Å². The summed E-state index contributed by atoms with van der Waals surface area (Å²) in [5.74, 6) is -10.2. The minimum atomic E-state index is -1.61. The molecule has 28 heteroatoms. The topological polar surface area (TPSA) is 458 Å². The van der Waals surface area contributed by atoms with Gasteiger partial charge in [0.15, 0.2) is 0 Å². The average Bonchev–Trinajstić information content (AvgIpc) is 2.37. The van der Waals surface area contributed by atoms with Gasteiger partial charge < -0.3 is 85.3 Å². The standard InChI is InChI=1S/C63H115N13O15/c1-8-9-10-11-12-13-14-21-35-91-63(90)51-26-22-34-76(51)62(89)43(67)23-17-20-33-68-55(82)48(36-40(2)3)73-61(88)50(38-42(6)7)74-57(84)45(25-16-19-32-65)70-58(85)46(27-29-53(78)79)72-60(87)49(37-41(4)5)75-59(86)47(28-30-54(80)81)71-56(83)44(24-15-18-31-64)69-52(77)39-66/h40-51H,8-39,64-67H2,1-7H3,(H,68,82)(H,69,77)(H,70,85)(H,71,83)(H,72,87)(H,73,88)(H,74,84)(H,75,86)(H,78,79)(H,80,81)/t43?,44-,45-,46-,47-,48-,49-,50-,51?/m0/s1. The third-order valence-corrected chi connectivity index (χ3v) is 15.6. The number of carbonyl (C=O) groups excluding carboxylic acids is 10. The fourth-order valence-electron chi connectivity index (χ4n) is 10.5. The summed E-state index contributed by atoms with van der Waals surface area (Å²) >= 11 is 0. The molecule has 91 heavy (non-hydrogen) atoms. The molecule has 0 aromatic carbocycles. The van der Waals surface area contributed by atoms with Gasteiger partial charge in [-0.15, -0.1) is 0 Å². The quantitative estimate of drug-likeness (QED) is 0.0305. The Morgan fingerprint density at radius 2 is 0.857 bits per heavy atom. The van der Waals surface area contributed by atoms with Gasteiger partial charge in [0.25, 0.3) is 0 Å². The molecule has 0 bridgehead atoms. The summed E-state index contributed by atoms with van der Waals surface area (Å²) in [7, 11) is 0. The van der Waals surface area contributed by atoms with Crippen molar-refractivity contribution in [1.29, 1.82) is 0 Å². The Labute approximate surface area is 539 Å². The molecule has 1 aliphatic heterocycles. The lowest BCUT2D eigenvalue weighted by Gasteiger charge is -2.29. The van der Waals surface area contributed by atoms with Gasteiger partial charge in [0.05, 0.1) is 19.2 Å². The van der Waals surface area contributed by atoms with Gasteiger partial charge in [-0.25, -0.2) is 4.79 Å². The number of likely N-dealkylation sites (tertiary alicyclic amines) is 1. The third kappa shape index (κ3) is 35.8. The molecule has 28 nitrogen and oxygen atoms in total. The van der Waals surface area contributed by atoms with E-state index >= 15 is 0 Å². The van der Waals surface area contributed by atoms with Crippen molar-refractivity contribution in [1.82, 2.24) is 47.4 Å². The van der Waals surface area contributed by atoms with E-state index in [-0.39, 0.29) is 68.9 Å². The van der Waals surface area contributed by atoms with Crippen molar-refractivity contribution in [3.05, 3.63) is 0 Å². The molecule has 1 heterocycles. The van der Waals surface area contributed by atoms with Gasteiger partial charge in [-0.05, 0) is 140 Å². The minimum absolute atomic E-state index is 0.00601. The van der Waals surface area contributed by atoms with Crippen LogP contribution in [0.2, 0.25) is 0 Å². The fourth-order valence-corrected chi connectivity index (χ4v) is 10.5. The van der Waals surface area contributed by atoms with Crippen LogP contribution in [0.3, 0.4) is 0 Å². The maximum atomic E-state index is 14.4. The lowest BCUT2D eigenvalue weighted by Crippen LogP contribution is -2.60. The Morgan fingerprint density at radius 3 is 1.27 bits per heavy atom. The molecule has 1 saturated heterocycles. The van der Waals surface area contributed by atoms with Crippen LogP contribution in [0.25, 0.3) is 0 Å². The van der Waals surface area contributed by atoms with Crippen molar-refractivity contribution < 1.29 is 72.5 Å². The summed E-state index contributed by atoms with van der Waals surface area (Å²) in [4.78, 5) is 162. The number of hydrogen-bond donors (Lipinski definition) is 14. The van der Waals surface area contributed by atoms with Crippen LogP contribution in [0, 0.1) is 17.8 Å². The number of aliphatic carboxylic acids is 2. The summed E-state index contributed by atoms with van der Waals surface area (Å²) in [6.07, 6.45) is 11.2. The van der Waals surface area contributed by atoms with Crippen molar-refractivity contribution in [2.75, 3.05) is 39.3 Å². The second kappa shape index (κ2) is 47.4. The molecular formula is C63H115N13O15. The Morgan fingerprint density at radius 1 is 0.473 bits per heavy atom. The second-order valence-electron chi connectivity index (χ2n) is 25.2. The largest absolute Gasteiger partial charge is 0.481 e. The van der Waals surface area contributed by atoms with Crippen LogP contribution in [0.1, 0.15) is 215 Å². The monoisotopic (exact) mass is 1290 g/mol. The Bertz CT molecular complexity index is 2260. The van der Waals surface area contributed by atoms with Gasteiger partial charge in [-0.3, -0.25) is 52.7 Å². The number of hydrogen-bond acceptors (Lipinski definition) is 17. The van der Waals surface area contributed by atoms with Crippen molar-refractivity contribution >= 4 is 71.1 Å². The predicted molar refractivity (Wildman–Crippen MR) is 344 cm³/mol. The van der Waals surface area contributed by atoms with E-state index in [9.17, 15) is 67.7 Å². The van der Waals surface area contributed by atoms with Crippen molar-refractivity contribution in [3.63, 3.8) is 0 Å². The molecule has 9 atom stereocenters. The molecule has 9 amide bonds. The molecule has 18 N–H and O–H groups in total. The number of nitrogens with one attached hydrogen (secondary N) is 8. The fraction of sp³-hybridized carbons (Fsp3) is 0.810. The second-order valence-corrected chi connectivity index (χ2v) is 25.2. The van der Waals surface area contributed by atoms with Crippen LogP contribution in [0.5, 0.6) is 0 Å². The number of esters is 1. The Hall–Kier alpha value is -6.52. The summed E-state index contributed by atoms with van der Waals surface area (Å²) in [6, 6.07) is -10.9. The molecule has 522 valence electrons. The predicted octanol–water partition coefficient (Wildman–Crippen LogP) is 1.75. The first-order chi connectivity index (χ1) is 43.2. The molecule has 1 fully saturated rings. The van der Waals surface area contributed by atoms with E-state index in [1.54, 1.807) is 13.8 Å². The molecule has 0 aromatic rings. The summed E-state index contributed by atoms with van der Waals surface area (Å²) in [6.45, 7) is 14.1. The highest BCUT2D eigenvalue weighted by Gasteiger charge is 2.38. The van der Waals surface area contributed by atoms with E-state index in [0.717, 1.165) is 19.3 Å². The number of nitrogens with two attached hydrogens (primary N) is 4. The SMILES string of the molecule is CCCCCCCCCCOC(=O)C1CCCN1C(=O)C(N)CCCCNC(=O)[C@H](CC(C)C)NC(=O)[C@H](CC(C)C)NC(=O)[C@H](CCCCN)NC(=O)[C@H](CCC(=O)O)NC(=O)[C@H](CC(C)C)NC(=O)[C@H](CCC(=O)O)NC(=O)[C@H](CCCCN)NC(=O)CN. The number of ether oxygens (including phenoxy) is 1. The zero-order valence-electron chi connectivity index (χ0n) is 55.5. The summed E-state index contributed by atoms with van der Waals surface area (Å²) < 4.78 is 5.57. The highest BCUT2D eigenvalue weighted by molar-refractivity contribution is 5.98. The first-order valence-electron chi connectivity index (χ1n) is 33.3.